The molecule has 0 atom stereocenters. The Hall–Kier alpha value is -1.02. The van der Waals surface area contributed by atoms with Crippen LogP contribution in [-0.2, 0) is 11.2 Å². The maximum Gasteiger partial charge on any atom is 0.0642 e. The molecule has 2 heteroatoms. The molecule has 1 aliphatic heterocycles. The first-order valence-electron chi connectivity index (χ1n) is 6.82. The van der Waals surface area contributed by atoms with E-state index in [0.29, 0.717) is 0 Å². The summed E-state index contributed by atoms with van der Waals surface area (Å²) in [5.74, 6) is 0. The van der Waals surface area contributed by atoms with Gasteiger partial charge in [0.05, 0.1) is 13.2 Å². The van der Waals surface area contributed by atoms with Gasteiger partial charge in [-0.2, -0.15) is 0 Å². The summed E-state index contributed by atoms with van der Waals surface area (Å²) in [5, 5.41) is 0. The summed E-state index contributed by atoms with van der Waals surface area (Å²) >= 11 is 0. The summed E-state index contributed by atoms with van der Waals surface area (Å²) in [4.78, 5) is 2.46. The molecule has 0 saturated carbocycles. The van der Waals surface area contributed by atoms with Crippen molar-refractivity contribution >= 4 is 5.69 Å². The van der Waals surface area contributed by atoms with E-state index in [2.05, 4.69) is 36.1 Å². The number of hydrogen-bond acceptors (Lipinski definition) is 2. The number of unbranched alkanes of at least 4 members (excludes halogenated alkanes) is 2. The Labute approximate surface area is 105 Å². The standard InChI is InChI=1S/C15H23NO/c1-2-3-4-7-14-8-5-6-9-15(14)16-10-12-17-13-11-16/h5-6,8-9H,2-4,7,10-13H2,1H3. The van der Waals surface area contributed by atoms with Crippen LogP contribution in [-0.4, -0.2) is 26.3 Å². The molecule has 0 spiro atoms. The Bertz CT molecular complexity index is 331. The highest BCUT2D eigenvalue weighted by Gasteiger charge is 2.13. The van der Waals surface area contributed by atoms with E-state index < -0.39 is 0 Å². The molecule has 17 heavy (non-hydrogen) atoms. The van der Waals surface area contributed by atoms with Gasteiger partial charge in [0.15, 0.2) is 0 Å². The molecule has 0 aliphatic carbocycles. The third-order valence-corrected chi connectivity index (χ3v) is 3.39. The normalized spacial score (nSPS) is 16.2. The van der Waals surface area contributed by atoms with E-state index >= 15 is 0 Å². The molecule has 0 radical (unpaired) electrons. The summed E-state index contributed by atoms with van der Waals surface area (Å²) in [5.41, 5.74) is 2.93. The summed E-state index contributed by atoms with van der Waals surface area (Å²) in [6.07, 6.45) is 5.14. The Morgan fingerprint density at radius 2 is 1.88 bits per heavy atom. The number of morpholine rings is 1. The van der Waals surface area contributed by atoms with Crippen LogP contribution in [0.1, 0.15) is 31.7 Å². The van der Waals surface area contributed by atoms with Crippen molar-refractivity contribution in [1.29, 1.82) is 0 Å². The van der Waals surface area contributed by atoms with Gasteiger partial charge in [0.2, 0.25) is 0 Å². The molecule has 0 unspecified atom stereocenters. The van der Waals surface area contributed by atoms with E-state index in [1.807, 2.05) is 0 Å². The van der Waals surface area contributed by atoms with Crippen molar-refractivity contribution < 1.29 is 4.74 Å². The van der Waals surface area contributed by atoms with Crippen molar-refractivity contribution in [1.82, 2.24) is 0 Å². The predicted octanol–water partition coefficient (Wildman–Crippen LogP) is 3.26. The Kier molecular flexibility index (Phi) is 4.87. The van der Waals surface area contributed by atoms with Gasteiger partial charge in [-0.25, -0.2) is 0 Å². The maximum atomic E-state index is 5.42. The van der Waals surface area contributed by atoms with Gasteiger partial charge >= 0.3 is 0 Å². The van der Waals surface area contributed by atoms with Crippen molar-refractivity contribution in [2.45, 2.75) is 32.6 Å². The van der Waals surface area contributed by atoms with E-state index in [1.165, 1.54) is 36.9 Å². The van der Waals surface area contributed by atoms with Crippen LogP contribution >= 0.6 is 0 Å². The van der Waals surface area contributed by atoms with Gasteiger partial charge in [0, 0.05) is 18.8 Å². The number of para-hydroxylation sites is 1. The number of nitrogens with zero attached hydrogens (tertiary/aromatic N) is 1. The third kappa shape index (κ3) is 3.47. The van der Waals surface area contributed by atoms with E-state index in [4.69, 9.17) is 4.74 Å². The molecule has 0 bridgehead atoms. The number of anilines is 1. The molecule has 94 valence electrons. The fourth-order valence-corrected chi connectivity index (χ4v) is 2.40. The van der Waals surface area contributed by atoms with Gasteiger partial charge in [-0.3, -0.25) is 0 Å². The zero-order valence-corrected chi connectivity index (χ0v) is 10.8. The molecule has 2 rings (SSSR count). The first-order chi connectivity index (χ1) is 8.42. The summed E-state index contributed by atoms with van der Waals surface area (Å²) in [7, 11) is 0. The molecular weight excluding hydrogens is 210 g/mol. The van der Waals surface area contributed by atoms with Gasteiger partial charge < -0.3 is 9.64 Å². The zero-order chi connectivity index (χ0) is 11.9. The zero-order valence-electron chi connectivity index (χ0n) is 10.8. The largest absolute Gasteiger partial charge is 0.378 e. The number of rotatable bonds is 5. The Morgan fingerprint density at radius 1 is 1.12 bits per heavy atom. The van der Waals surface area contributed by atoms with E-state index in [1.54, 1.807) is 0 Å². The van der Waals surface area contributed by atoms with Crippen LogP contribution in [0.2, 0.25) is 0 Å². The minimum absolute atomic E-state index is 0.864. The molecule has 0 amide bonds. The quantitative estimate of drug-likeness (QED) is 0.724. The van der Waals surface area contributed by atoms with Crippen LogP contribution in [0.25, 0.3) is 0 Å². The fourth-order valence-electron chi connectivity index (χ4n) is 2.40. The van der Waals surface area contributed by atoms with Crippen LogP contribution < -0.4 is 4.90 Å². The van der Waals surface area contributed by atoms with Crippen molar-refractivity contribution in [3.05, 3.63) is 29.8 Å². The Balaban J connectivity index is 2.03. The molecule has 0 N–H and O–H groups in total. The van der Waals surface area contributed by atoms with Crippen molar-refractivity contribution in [2.75, 3.05) is 31.2 Å². The lowest BCUT2D eigenvalue weighted by Gasteiger charge is -2.30. The molecule has 1 saturated heterocycles. The summed E-state index contributed by atoms with van der Waals surface area (Å²) in [6, 6.07) is 8.84. The smallest absolute Gasteiger partial charge is 0.0642 e. The van der Waals surface area contributed by atoms with Crippen LogP contribution in [0.4, 0.5) is 5.69 Å². The van der Waals surface area contributed by atoms with Gasteiger partial charge in [-0.05, 0) is 24.5 Å². The lowest BCUT2D eigenvalue weighted by atomic mass is 10.0. The minimum Gasteiger partial charge on any atom is -0.378 e. The van der Waals surface area contributed by atoms with Crippen molar-refractivity contribution in [3.8, 4) is 0 Å². The topological polar surface area (TPSA) is 12.5 Å². The van der Waals surface area contributed by atoms with E-state index in [0.717, 1.165) is 26.3 Å². The molecule has 1 aliphatic rings. The average molecular weight is 233 g/mol. The lowest BCUT2D eigenvalue weighted by Crippen LogP contribution is -2.36. The average Bonchev–Trinajstić information content (AvgIpc) is 2.41. The SMILES string of the molecule is CCCCCc1ccccc1N1CCOCC1. The van der Waals surface area contributed by atoms with Gasteiger partial charge in [0.25, 0.3) is 0 Å². The number of benzene rings is 1. The molecule has 1 fully saturated rings. The highest BCUT2D eigenvalue weighted by molar-refractivity contribution is 5.54. The van der Waals surface area contributed by atoms with Crippen LogP contribution in [0.3, 0.4) is 0 Å². The monoisotopic (exact) mass is 233 g/mol. The number of aryl methyl sites for hydroxylation is 1. The number of ether oxygens (including phenoxy) is 1. The molecule has 0 aromatic heterocycles. The van der Waals surface area contributed by atoms with Crippen LogP contribution in [0.5, 0.6) is 0 Å². The minimum atomic E-state index is 0.864. The summed E-state index contributed by atoms with van der Waals surface area (Å²) in [6.45, 7) is 6.05. The number of hydrogen-bond donors (Lipinski definition) is 0. The molecule has 1 aromatic rings. The lowest BCUT2D eigenvalue weighted by molar-refractivity contribution is 0.122. The van der Waals surface area contributed by atoms with Crippen LogP contribution in [0.15, 0.2) is 24.3 Å². The summed E-state index contributed by atoms with van der Waals surface area (Å²) < 4.78 is 5.42. The molecule has 2 nitrogen and oxygen atoms in total. The fraction of sp³-hybridized carbons (Fsp3) is 0.600. The molecule has 1 heterocycles. The highest BCUT2D eigenvalue weighted by atomic mass is 16.5. The van der Waals surface area contributed by atoms with Crippen molar-refractivity contribution in [2.24, 2.45) is 0 Å². The second-order valence-corrected chi connectivity index (χ2v) is 4.69. The maximum absolute atomic E-state index is 5.42. The first kappa shape index (κ1) is 12.4. The van der Waals surface area contributed by atoms with Crippen LogP contribution in [0, 0.1) is 0 Å². The second-order valence-electron chi connectivity index (χ2n) is 4.69. The van der Waals surface area contributed by atoms with E-state index in [-0.39, 0.29) is 0 Å². The van der Waals surface area contributed by atoms with Gasteiger partial charge in [-0.1, -0.05) is 38.0 Å². The molecular formula is C15H23NO. The van der Waals surface area contributed by atoms with Gasteiger partial charge in [-0.15, -0.1) is 0 Å². The third-order valence-electron chi connectivity index (χ3n) is 3.39. The van der Waals surface area contributed by atoms with Gasteiger partial charge in [0.1, 0.15) is 0 Å². The predicted molar refractivity (Wildman–Crippen MR) is 72.7 cm³/mol. The van der Waals surface area contributed by atoms with Crippen molar-refractivity contribution in [3.63, 3.8) is 0 Å². The highest BCUT2D eigenvalue weighted by Crippen LogP contribution is 2.23. The second kappa shape index (κ2) is 6.65. The van der Waals surface area contributed by atoms with E-state index in [9.17, 15) is 0 Å². The first-order valence-corrected chi connectivity index (χ1v) is 6.82. The molecule has 1 aromatic carbocycles. The Morgan fingerprint density at radius 3 is 2.65 bits per heavy atom.